The van der Waals surface area contributed by atoms with Gasteiger partial charge >= 0.3 is 6.18 Å². The summed E-state index contributed by atoms with van der Waals surface area (Å²) in [5, 5.41) is 16.4. The molecule has 3 aromatic carbocycles. The lowest BCUT2D eigenvalue weighted by molar-refractivity contribution is -0.265. The second-order valence-electron chi connectivity index (χ2n) is 12.2. The average molecular weight is 700 g/mol. The molecule has 1 aromatic heterocycles. The van der Waals surface area contributed by atoms with E-state index < -0.39 is 41.3 Å². The molecule has 49 heavy (non-hydrogen) atoms. The summed E-state index contributed by atoms with van der Waals surface area (Å²) in [5.41, 5.74) is -4.97. The van der Waals surface area contributed by atoms with Gasteiger partial charge in [0.05, 0.1) is 42.7 Å². The minimum atomic E-state index is -5.33. The van der Waals surface area contributed by atoms with Crippen molar-refractivity contribution in [1.29, 1.82) is 0 Å². The Bertz CT molecular complexity index is 1850. The first-order chi connectivity index (χ1) is 23.1. The maximum Gasteiger partial charge on any atom is 0.424 e. The van der Waals surface area contributed by atoms with Crippen molar-refractivity contribution in [2.75, 3.05) is 20.2 Å². The molecule has 258 valence electrons. The van der Waals surface area contributed by atoms with E-state index in [0.29, 0.717) is 11.3 Å². The number of ether oxygens (including phenoxy) is 2. The summed E-state index contributed by atoms with van der Waals surface area (Å²) >= 11 is 5.99. The summed E-state index contributed by atoms with van der Waals surface area (Å²) in [6, 6.07) is 18.7. The number of pyridine rings is 1. The van der Waals surface area contributed by atoms with E-state index in [-0.39, 0.29) is 51.6 Å². The molecule has 5 rings (SSSR count). The molecule has 1 heterocycles. The Morgan fingerprint density at radius 2 is 1.67 bits per heavy atom. The van der Waals surface area contributed by atoms with Crippen LogP contribution in [0.4, 0.5) is 17.6 Å². The number of Topliss-reactive ketones (excluding diaryl/α,β-unsaturated/α-hetero) is 1. The number of hydrogen-bond donors (Lipinski definition) is 3. The van der Waals surface area contributed by atoms with Gasteiger partial charge in [0.1, 0.15) is 5.82 Å². The number of hydrogen-bond acceptors (Lipinski definition) is 7. The first-order valence-electron chi connectivity index (χ1n) is 15.3. The molecule has 1 fully saturated rings. The van der Waals surface area contributed by atoms with Crippen LogP contribution >= 0.6 is 11.6 Å². The molecule has 1 aliphatic carbocycles. The number of benzene rings is 3. The van der Waals surface area contributed by atoms with Gasteiger partial charge in [0.25, 0.3) is 5.91 Å². The van der Waals surface area contributed by atoms with Crippen molar-refractivity contribution >= 4 is 23.3 Å². The second-order valence-corrected chi connectivity index (χ2v) is 12.7. The summed E-state index contributed by atoms with van der Waals surface area (Å²) in [7, 11) is 1.37. The zero-order valence-electron chi connectivity index (χ0n) is 26.8. The highest BCUT2D eigenvalue weighted by Crippen LogP contribution is 2.41. The summed E-state index contributed by atoms with van der Waals surface area (Å²) < 4.78 is 69.6. The molecule has 0 bridgehead atoms. The van der Waals surface area contributed by atoms with E-state index in [9.17, 15) is 32.3 Å². The van der Waals surface area contributed by atoms with Crippen molar-refractivity contribution in [2.45, 2.75) is 50.1 Å². The highest BCUT2D eigenvalue weighted by molar-refractivity contribution is 6.31. The van der Waals surface area contributed by atoms with Gasteiger partial charge in [-0.3, -0.25) is 9.59 Å². The van der Waals surface area contributed by atoms with Crippen LogP contribution in [-0.2, 0) is 11.1 Å². The van der Waals surface area contributed by atoms with Gasteiger partial charge in [-0.15, -0.1) is 0 Å². The van der Waals surface area contributed by atoms with E-state index in [1.807, 2.05) is 0 Å². The Balaban J connectivity index is 1.49. The number of methoxy groups -OCH3 is 1. The first-order valence-corrected chi connectivity index (χ1v) is 15.7. The van der Waals surface area contributed by atoms with Crippen molar-refractivity contribution in [1.82, 2.24) is 15.6 Å². The van der Waals surface area contributed by atoms with Crippen LogP contribution in [0, 0.1) is 5.82 Å². The van der Waals surface area contributed by atoms with E-state index >= 15 is 0 Å². The number of carbonyl (C=O) groups excluding carboxylic acids is 2. The SMILES string of the molecule is COc1cc(C(=O)NCC(O)(c2cc(C(C)(C)NCC(=O)c3ccccc3)cc(-c3ccc(F)c(Cl)c3)n2)C(F)(F)F)ccc1OC1CC1. The number of nitrogens with zero attached hydrogens (tertiary/aromatic N) is 1. The van der Waals surface area contributed by atoms with Crippen molar-refractivity contribution < 1.29 is 41.7 Å². The molecule has 1 unspecified atom stereocenters. The van der Waals surface area contributed by atoms with E-state index in [1.54, 1.807) is 44.2 Å². The normalized spacial score (nSPS) is 14.6. The zero-order valence-corrected chi connectivity index (χ0v) is 27.6. The summed E-state index contributed by atoms with van der Waals surface area (Å²) in [6.07, 6.45) is -3.53. The van der Waals surface area contributed by atoms with Crippen molar-refractivity contribution in [3.8, 4) is 22.8 Å². The Kier molecular flexibility index (Phi) is 10.3. The molecule has 1 amide bonds. The number of nitrogens with one attached hydrogen (secondary N) is 2. The first kappa shape index (κ1) is 35.8. The molecular weight excluding hydrogens is 666 g/mol. The lowest BCUT2D eigenvalue weighted by Gasteiger charge is -2.33. The number of rotatable bonds is 13. The van der Waals surface area contributed by atoms with E-state index in [0.717, 1.165) is 25.0 Å². The smallest absolute Gasteiger partial charge is 0.424 e. The van der Waals surface area contributed by atoms with Crippen LogP contribution < -0.4 is 20.1 Å². The van der Waals surface area contributed by atoms with Crippen LogP contribution in [0.3, 0.4) is 0 Å². The van der Waals surface area contributed by atoms with Crippen LogP contribution in [0.5, 0.6) is 11.5 Å². The number of ketones is 1. The molecule has 0 saturated heterocycles. The molecule has 1 aliphatic rings. The van der Waals surface area contributed by atoms with Gasteiger partial charge in [0, 0.05) is 22.2 Å². The summed E-state index contributed by atoms with van der Waals surface area (Å²) in [6.45, 7) is 1.81. The molecular formula is C36H34ClF4N3O5. The third-order valence-electron chi connectivity index (χ3n) is 8.19. The number of amides is 1. The number of carbonyl (C=O) groups is 2. The van der Waals surface area contributed by atoms with Crippen LogP contribution in [0.1, 0.15) is 58.7 Å². The van der Waals surface area contributed by atoms with E-state index in [2.05, 4.69) is 15.6 Å². The predicted octanol–water partition coefficient (Wildman–Crippen LogP) is 6.98. The van der Waals surface area contributed by atoms with Crippen LogP contribution in [0.15, 0.2) is 78.9 Å². The topological polar surface area (TPSA) is 110 Å². The quantitative estimate of drug-likeness (QED) is 0.102. The summed E-state index contributed by atoms with van der Waals surface area (Å²) in [4.78, 5) is 30.1. The fourth-order valence-electron chi connectivity index (χ4n) is 4.95. The molecule has 0 aliphatic heterocycles. The number of alkyl halides is 3. The monoisotopic (exact) mass is 699 g/mol. The van der Waals surface area contributed by atoms with Gasteiger partial charge in [-0.25, -0.2) is 9.37 Å². The Hall–Kier alpha value is -4.52. The van der Waals surface area contributed by atoms with Crippen molar-refractivity contribution in [3.63, 3.8) is 0 Å². The Morgan fingerprint density at radius 1 is 0.959 bits per heavy atom. The maximum absolute atomic E-state index is 14.9. The van der Waals surface area contributed by atoms with Crippen LogP contribution in [0.2, 0.25) is 5.02 Å². The standard InChI is InChI=1S/C36H34ClF4N3O5/c1-34(2,43-19-29(45)21-7-5-4-6-8-21)24-17-28(22-9-13-27(38)26(37)15-22)44-32(18-24)35(47,36(39,40)41)20-42-33(46)23-10-14-30(31(16-23)48-3)49-25-11-12-25/h4-10,13-18,25,43,47H,11-12,19-20H2,1-3H3,(H,42,46). The highest BCUT2D eigenvalue weighted by atomic mass is 35.5. The molecule has 0 spiro atoms. The predicted molar refractivity (Wildman–Crippen MR) is 175 cm³/mol. The molecule has 4 aromatic rings. The van der Waals surface area contributed by atoms with Crippen molar-refractivity contribution in [2.24, 2.45) is 0 Å². The fraction of sp³-hybridized carbons (Fsp3) is 0.306. The molecule has 8 nitrogen and oxygen atoms in total. The van der Waals surface area contributed by atoms with Gasteiger partial charge in [-0.05, 0) is 80.8 Å². The molecule has 3 N–H and O–H groups in total. The highest BCUT2D eigenvalue weighted by Gasteiger charge is 2.56. The van der Waals surface area contributed by atoms with E-state index in [4.69, 9.17) is 21.1 Å². The average Bonchev–Trinajstić information content (AvgIpc) is 3.91. The minimum absolute atomic E-state index is 0.0266. The molecule has 1 saturated carbocycles. The third-order valence-corrected chi connectivity index (χ3v) is 8.48. The number of halogens is 5. The van der Waals surface area contributed by atoms with Gasteiger partial charge in [-0.2, -0.15) is 13.2 Å². The Morgan fingerprint density at radius 3 is 2.31 bits per heavy atom. The molecule has 13 heteroatoms. The molecule has 0 radical (unpaired) electrons. The second kappa shape index (κ2) is 14.1. The fourth-order valence-corrected chi connectivity index (χ4v) is 5.13. The lowest BCUT2D eigenvalue weighted by Crippen LogP contribution is -2.52. The third kappa shape index (κ3) is 8.21. The summed E-state index contributed by atoms with van der Waals surface area (Å²) in [5.74, 6) is -1.30. The van der Waals surface area contributed by atoms with Crippen LogP contribution in [-0.4, -0.2) is 54.3 Å². The van der Waals surface area contributed by atoms with Gasteiger partial charge in [0.2, 0.25) is 5.60 Å². The zero-order chi connectivity index (χ0) is 35.6. The van der Waals surface area contributed by atoms with Crippen molar-refractivity contribution in [3.05, 3.63) is 112 Å². The van der Waals surface area contributed by atoms with Crippen LogP contribution in [0.25, 0.3) is 11.3 Å². The lowest BCUT2D eigenvalue weighted by atomic mass is 9.88. The minimum Gasteiger partial charge on any atom is -0.493 e. The molecule has 1 atom stereocenters. The van der Waals surface area contributed by atoms with Gasteiger partial charge in [-0.1, -0.05) is 41.9 Å². The maximum atomic E-state index is 14.9. The number of aromatic nitrogens is 1. The number of aliphatic hydroxyl groups is 1. The van der Waals surface area contributed by atoms with E-state index in [1.165, 1.54) is 43.5 Å². The largest absolute Gasteiger partial charge is 0.493 e. The van der Waals surface area contributed by atoms with Gasteiger partial charge in [0.15, 0.2) is 17.3 Å². The van der Waals surface area contributed by atoms with Gasteiger partial charge < -0.3 is 25.2 Å². The Labute approximate surface area is 285 Å².